The molecule has 1 aliphatic rings. The molecule has 1 aliphatic carbocycles. The van der Waals surface area contributed by atoms with Crippen molar-refractivity contribution in [3.8, 4) is 0 Å². The summed E-state index contributed by atoms with van der Waals surface area (Å²) in [5, 5.41) is 2.72. The van der Waals surface area contributed by atoms with Crippen LogP contribution in [0.1, 0.15) is 36.5 Å². The number of nitrogen functional groups attached to an aromatic ring is 1. The molecule has 2 rings (SSSR count). The topological polar surface area (TPSA) is 55.1 Å². The second kappa shape index (κ2) is 5.55. The van der Waals surface area contributed by atoms with Crippen LogP contribution in [0.2, 0.25) is 0 Å². The average Bonchev–Trinajstić information content (AvgIpc) is 2.78. The number of hydrogen-bond acceptors (Lipinski definition) is 2. The van der Waals surface area contributed by atoms with Crippen molar-refractivity contribution in [1.29, 1.82) is 0 Å². The van der Waals surface area contributed by atoms with Gasteiger partial charge in [0.2, 0.25) is 0 Å². The van der Waals surface area contributed by atoms with E-state index in [0.29, 0.717) is 18.4 Å². The molecule has 1 aromatic carbocycles. The maximum absolute atomic E-state index is 13.2. The van der Waals surface area contributed by atoms with Gasteiger partial charge in [0.25, 0.3) is 5.91 Å². The molecule has 1 saturated carbocycles. The van der Waals surface area contributed by atoms with E-state index in [1.165, 1.54) is 6.42 Å². The summed E-state index contributed by atoms with van der Waals surface area (Å²) < 4.78 is 26.5. The van der Waals surface area contributed by atoms with E-state index < -0.39 is 23.2 Å². The third-order valence-electron chi connectivity index (χ3n) is 3.70. The zero-order valence-electron chi connectivity index (χ0n) is 10.9. The minimum absolute atomic E-state index is 0.0322. The summed E-state index contributed by atoms with van der Waals surface area (Å²) in [6, 6.07) is 1.93. The second-order valence-corrected chi connectivity index (χ2v) is 5.35. The molecule has 2 atom stereocenters. The van der Waals surface area contributed by atoms with Crippen molar-refractivity contribution in [1.82, 2.24) is 5.32 Å². The Kier molecular flexibility index (Phi) is 4.02. The Bertz CT molecular complexity index is 467. The lowest BCUT2D eigenvalue weighted by molar-refractivity contribution is 0.0946. The van der Waals surface area contributed by atoms with E-state index in [9.17, 15) is 13.6 Å². The number of hydrogen-bond donors (Lipinski definition) is 2. The molecule has 3 nitrogen and oxygen atoms in total. The first-order valence-corrected chi connectivity index (χ1v) is 6.50. The molecule has 0 saturated heterocycles. The molecule has 1 fully saturated rings. The maximum Gasteiger partial charge on any atom is 0.251 e. The first-order chi connectivity index (χ1) is 8.97. The highest BCUT2D eigenvalue weighted by Gasteiger charge is 2.22. The van der Waals surface area contributed by atoms with Crippen LogP contribution in [-0.2, 0) is 0 Å². The molecule has 2 unspecified atom stereocenters. The van der Waals surface area contributed by atoms with Crippen molar-refractivity contribution in [3.63, 3.8) is 0 Å². The van der Waals surface area contributed by atoms with Gasteiger partial charge in [0.15, 0.2) is 0 Å². The molecule has 0 heterocycles. The van der Waals surface area contributed by atoms with E-state index in [-0.39, 0.29) is 5.56 Å². The number of benzene rings is 1. The molecule has 0 spiro atoms. The van der Waals surface area contributed by atoms with Crippen molar-refractivity contribution < 1.29 is 13.6 Å². The molecule has 104 valence electrons. The summed E-state index contributed by atoms with van der Waals surface area (Å²) in [4.78, 5) is 11.8. The fraction of sp³-hybridized carbons (Fsp3) is 0.500. The Labute approximate surface area is 111 Å². The van der Waals surface area contributed by atoms with Gasteiger partial charge >= 0.3 is 0 Å². The van der Waals surface area contributed by atoms with Crippen molar-refractivity contribution in [3.05, 3.63) is 29.3 Å². The number of rotatable bonds is 3. The first-order valence-electron chi connectivity index (χ1n) is 6.50. The molecular weight excluding hydrogens is 250 g/mol. The first kappa shape index (κ1) is 13.8. The molecule has 0 bridgehead atoms. The van der Waals surface area contributed by atoms with Crippen LogP contribution in [-0.4, -0.2) is 12.5 Å². The van der Waals surface area contributed by atoms with Gasteiger partial charge < -0.3 is 11.1 Å². The van der Waals surface area contributed by atoms with E-state index in [2.05, 4.69) is 12.2 Å². The summed E-state index contributed by atoms with van der Waals surface area (Å²) in [5.41, 5.74) is 4.57. The molecule has 1 aromatic rings. The highest BCUT2D eigenvalue weighted by molar-refractivity contribution is 5.94. The van der Waals surface area contributed by atoms with E-state index in [1.807, 2.05) is 0 Å². The minimum Gasteiger partial charge on any atom is -0.394 e. The molecule has 1 amide bonds. The lowest BCUT2D eigenvalue weighted by Gasteiger charge is -2.11. The molecule has 5 heteroatoms. The Morgan fingerprint density at radius 2 is 2.00 bits per heavy atom. The highest BCUT2D eigenvalue weighted by atomic mass is 19.1. The third-order valence-corrected chi connectivity index (χ3v) is 3.70. The largest absolute Gasteiger partial charge is 0.394 e. The Morgan fingerprint density at radius 3 is 2.53 bits per heavy atom. The molecule has 3 N–H and O–H groups in total. The van der Waals surface area contributed by atoms with Crippen LogP contribution in [0.3, 0.4) is 0 Å². The number of anilines is 1. The van der Waals surface area contributed by atoms with Crippen LogP contribution in [0.15, 0.2) is 12.1 Å². The quantitative estimate of drug-likeness (QED) is 0.828. The lowest BCUT2D eigenvalue weighted by atomic mass is 10.1. The zero-order chi connectivity index (χ0) is 14.0. The Balaban J connectivity index is 1.96. The van der Waals surface area contributed by atoms with Crippen LogP contribution in [0, 0.1) is 23.5 Å². The highest BCUT2D eigenvalue weighted by Crippen LogP contribution is 2.29. The molecule has 0 aliphatic heterocycles. The molecule has 0 aromatic heterocycles. The van der Waals surface area contributed by atoms with Gasteiger partial charge in [-0.3, -0.25) is 4.79 Å². The number of nitrogens with two attached hydrogens (primary N) is 1. The van der Waals surface area contributed by atoms with Gasteiger partial charge in [-0.15, -0.1) is 0 Å². The van der Waals surface area contributed by atoms with Gasteiger partial charge in [0.05, 0.1) is 0 Å². The van der Waals surface area contributed by atoms with Crippen LogP contribution >= 0.6 is 0 Å². The van der Waals surface area contributed by atoms with Gasteiger partial charge in [-0.1, -0.05) is 13.3 Å². The van der Waals surface area contributed by atoms with E-state index in [0.717, 1.165) is 25.0 Å². The third kappa shape index (κ3) is 3.22. The van der Waals surface area contributed by atoms with Gasteiger partial charge in [-0.2, -0.15) is 0 Å². The van der Waals surface area contributed by atoms with E-state index in [1.54, 1.807) is 0 Å². The van der Waals surface area contributed by atoms with Gasteiger partial charge in [-0.05, 0) is 36.8 Å². The summed E-state index contributed by atoms with van der Waals surface area (Å²) in [6.45, 7) is 2.74. The minimum atomic E-state index is -0.903. The van der Waals surface area contributed by atoms with Gasteiger partial charge in [-0.25, -0.2) is 8.78 Å². The monoisotopic (exact) mass is 268 g/mol. The van der Waals surface area contributed by atoms with Crippen LogP contribution < -0.4 is 11.1 Å². The van der Waals surface area contributed by atoms with Gasteiger partial charge in [0, 0.05) is 12.1 Å². The van der Waals surface area contributed by atoms with Crippen LogP contribution in [0.25, 0.3) is 0 Å². The summed E-state index contributed by atoms with van der Waals surface area (Å²) in [5.74, 6) is -1.12. The van der Waals surface area contributed by atoms with Gasteiger partial charge in [0.1, 0.15) is 17.3 Å². The predicted molar refractivity (Wildman–Crippen MR) is 69.6 cm³/mol. The number of halogens is 2. The van der Waals surface area contributed by atoms with Crippen molar-refractivity contribution in [2.24, 2.45) is 11.8 Å². The Morgan fingerprint density at radius 1 is 1.37 bits per heavy atom. The standard InChI is InChI=1S/C14H18F2N2O/c1-8-2-3-9(4-8)7-18-14(19)10-5-11(15)13(17)12(16)6-10/h5-6,8-9H,2-4,7,17H2,1H3,(H,18,19). The smallest absolute Gasteiger partial charge is 0.251 e. The second-order valence-electron chi connectivity index (χ2n) is 5.35. The van der Waals surface area contributed by atoms with E-state index >= 15 is 0 Å². The number of amides is 1. The maximum atomic E-state index is 13.2. The summed E-state index contributed by atoms with van der Waals surface area (Å²) in [6.07, 6.45) is 3.35. The van der Waals surface area contributed by atoms with Crippen molar-refractivity contribution in [2.75, 3.05) is 12.3 Å². The van der Waals surface area contributed by atoms with Crippen LogP contribution in [0.5, 0.6) is 0 Å². The zero-order valence-corrected chi connectivity index (χ0v) is 10.9. The Hall–Kier alpha value is -1.65. The SMILES string of the molecule is CC1CCC(CNC(=O)c2cc(F)c(N)c(F)c2)C1. The van der Waals surface area contributed by atoms with Crippen molar-refractivity contribution >= 4 is 11.6 Å². The molecular formula is C14H18F2N2O. The molecule has 0 radical (unpaired) electrons. The summed E-state index contributed by atoms with van der Waals surface area (Å²) >= 11 is 0. The fourth-order valence-corrected chi connectivity index (χ4v) is 2.56. The average molecular weight is 268 g/mol. The summed E-state index contributed by atoms with van der Waals surface area (Å²) in [7, 11) is 0. The number of carbonyl (C=O) groups is 1. The lowest BCUT2D eigenvalue weighted by Crippen LogP contribution is -2.28. The predicted octanol–water partition coefficient (Wildman–Crippen LogP) is 2.71. The van der Waals surface area contributed by atoms with Crippen LogP contribution in [0.4, 0.5) is 14.5 Å². The van der Waals surface area contributed by atoms with E-state index in [4.69, 9.17) is 5.73 Å². The number of carbonyl (C=O) groups excluding carboxylic acids is 1. The normalized spacial score (nSPS) is 22.5. The van der Waals surface area contributed by atoms with Crippen molar-refractivity contribution in [2.45, 2.75) is 26.2 Å². The fourth-order valence-electron chi connectivity index (χ4n) is 2.56. The number of nitrogens with one attached hydrogen (secondary N) is 1. The molecule has 19 heavy (non-hydrogen) atoms.